The summed E-state index contributed by atoms with van der Waals surface area (Å²) in [6.07, 6.45) is 2.49. The van der Waals surface area contributed by atoms with Crippen molar-refractivity contribution < 1.29 is 4.79 Å². The largest absolute Gasteiger partial charge is 0.330 e. The molecular weight excluding hydrogens is 296 g/mol. The van der Waals surface area contributed by atoms with E-state index in [4.69, 9.17) is 0 Å². The van der Waals surface area contributed by atoms with Crippen LogP contribution in [0.2, 0.25) is 0 Å². The van der Waals surface area contributed by atoms with Crippen LogP contribution in [0.1, 0.15) is 28.8 Å². The van der Waals surface area contributed by atoms with Crippen LogP contribution in [0.15, 0.2) is 48.5 Å². The first-order valence-electron chi connectivity index (χ1n) is 9.02. The summed E-state index contributed by atoms with van der Waals surface area (Å²) in [7, 11) is 0. The van der Waals surface area contributed by atoms with Gasteiger partial charge >= 0.3 is 0 Å². The van der Waals surface area contributed by atoms with Crippen molar-refractivity contribution in [3.63, 3.8) is 0 Å². The molecular formula is C21H22N2O. The lowest BCUT2D eigenvalue weighted by molar-refractivity contribution is 0.00849. The van der Waals surface area contributed by atoms with E-state index in [1.165, 1.54) is 42.6 Å². The average Bonchev–Trinajstić information content (AvgIpc) is 3.00. The number of fused-ring (bicyclic) bond motifs is 4. The van der Waals surface area contributed by atoms with Crippen LogP contribution in [0.5, 0.6) is 0 Å². The smallest absolute Gasteiger partial charge is 0.254 e. The zero-order valence-corrected chi connectivity index (χ0v) is 13.8. The molecule has 6 rings (SSSR count). The highest BCUT2D eigenvalue weighted by atomic mass is 16.2. The minimum atomic E-state index is 0.238. The summed E-state index contributed by atoms with van der Waals surface area (Å²) in [5, 5.41) is 0. The van der Waals surface area contributed by atoms with E-state index in [2.05, 4.69) is 40.1 Å². The van der Waals surface area contributed by atoms with Gasteiger partial charge in [0.1, 0.15) is 0 Å². The predicted molar refractivity (Wildman–Crippen MR) is 94.7 cm³/mol. The summed E-state index contributed by atoms with van der Waals surface area (Å²) in [6, 6.07) is 17.0. The van der Waals surface area contributed by atoms with Crippen LogP contribution < -0.4 is 0 Å². The van der Waals surface area contributed by atoms with Crippen molar-refractivity contribution in [2.75, 3.05) is 19.6 Å². The number of hydrogen-bond donors (Lipinski definition) is 0. The summed E-state index contributed by atoms with van der Waals surface area (Å²) in [6.45, 7) is 4.26. The Kier molecular flexibility index (Phi) is 3.23. The van der Waals surface area contributed by atoms with Gasteiger partial charge in [-0.25, -0.2) is 0 Å². The number of rotatable bonds is 2. The fourth-order valence-corrected chi connectivity index (χ4v) is 4.80. The summed E-state index contributed by atoms with van der Waals surface area (Å²) >= 11 is 0. The van der Waals surface area contributed by atoms with Crippen LogP contribution >= 0.6 is 0 Å². The molecule has 0 unspecified atom stereocenters. The van der Waals surface area contributed by atoms with Crippen LogP contribution in [0.3, 0.4) is 0 Å². The summed E-state index contributed by atoms with van der Waals surface area (Å²) in [4.78, 5) is 17.7. The third kappa shape index (κ3) is 2.11. The Hall–Kier alpha value is -2.13. The van der Waals surface area contributed by atoms with Crippen LogP contribution in [-0.4, -0.2) is 41.4 Å². The Bertz CT molecular complexity index is 778. The van der Waals surface area contributed by atoms with Gasteiger partial charge in [0.25, 0.3) is 5.91 Å². The second kappa shape index (κ2) is 5.45. The Balaban J connectivity index is 1.51. The first-order valence-corrected chi connectivity index (χ1v) is 9.02. The van der Waals surface area contributed by atoms with Crippen molar-refractivity contribution in [1.29, 1.82) is 0 Å². The normalized spacial score (nSPS) is 28.2. The van der Waals surface area contributed by atoms with Crippen molar-refractivity contribution in [2.45, 2.75) is 25.4 Å². The Morgan fingerprint density at radius 2 is 1.62 bits per heavy atom. The van der Waals surface area contributed by atoms with E-state index >= 15 is 0 Å². The van der Waals surface area contributed by atoms with Gasteiger partial charge < -0.3 is 9.80 Å². The standard InChI is InChI=1S/C21H22N2O/c24-21-18-8-4-7-17(15-5-2-1-3-6-15)19(18)13-23(21)20-14-22-11-9-16(20)10-12-22/h1-8,16,20H,9-14H2/t20-/m0/s1. The topological polar surface area (TPSA) is 23.6 Å². The van der Waals surface area contributed by atoms with E-state index in [0.717, 1.165) is 18.7 Å². The lowest BCUT2D eigenvalue weighted by Crippen LogP contribution is -2.57. The zero-order valence-electron chi connectivity index (χ0n) is 13.8. The van der Waals surface area contributed by atoms with Crippen LogP contribution in [0.25, 0.3) is 11.1 Å². The monoisotopic (exact) mass is 318 g/mol. The average molecular weight is 318 g/mol. The second-order valence-electron chi connectivity index (χ2n) is 7.34. The quantitative estimate of drug-likeness (QED) is 0.847. The number of carbonyl (C=O) groups excluding carboxylic acids is 1. The number of carbonyl (C=O) groups is 1. The van der Waals surface area contributed by atoms with Gasteiger partial charge in [-0.15, -0.1) is 0 Å². The number of nitrogens with zero attached hydrogens (tertiary/aromatic N) is 2. The van der Waals surface area contributed by atoms with Gasteiger partial charge in [-0.3, -0.25) is 4.79 Å². The molecule has 24 heavy (non-hydrogen) atoms. The van der Waals surface area contributed by atoms with Crippen LogP contribution in [0.4, 0.5) is 0 Å². The maximum absolute atomic E-state index is 13.1. The molecule has 0 spiro atoms. The summed E-state index contributed by atoms with van der Waals surface area (Å²) < 4.78 is 0. The van der Waals surface area contributed by atoms with Crippen molar-refractivity contribution in [3.05, 3.63) is 59.7 Å². The van der Waals surface area contributed by atoms with Gasteiger partial charge in [0.2, 0.25) is 0 Å². The molecule has 2 bridgehead atoms. The van der Waals surface area contributed by atoms with Gasteiger partial charge in [-0.05, 0) is 54.6 Å². The molecule has 3 heteroatoms. The van der Waals surface area contributed by atoms with E-state index in [0.29, 0.717) is 12.0 Å². The maximum Gasteiger partial charge on any atom is 0.254 e. The van der Waals surface area contributed by atoms with E-state index in [1.807, 2.05) is 18.2 Å². The Morgan fingerprint density at radius 1 is 0.875 bits per heavy atom. The number of hydrogen-bond acceptors (Lipinski definition) is 2. The fourth-order valence-electron chi connectivity index (χ4n) is 4.80. The molecule has 4 aliphatic rings. The van der Waals surface area contributed by atoms with Crippen molar-refractivity contribution in [2.24, 2.45) is 5.92 Å². The first kappa shape index (κ1) is 14.2. The zero-order chi connectivity index (χ0) is 16.1. The molecule has 0 aromatic heterocycles. The first-order chi connectivity index (χ1) is 11.8. The molecule has 1 amide bonds. The molecule has 3 fully saturated rings. The molecule has 0 aliphatic carbocycles. The van der Waals surface area contributed by atoms with Gasteiger partial charge in [-0.2, -0.15) is 0 Å². The Labute approximate surface area is 142 Å². The molecule has 0 saturated carbocycles. The van der Waals surface area contributed by atoms with E-state index in [-0.39, 0.29) is 5.91 Å². The minimum absolute atomic E-state index is 0.238. The van der Waals surface area contributed by atoms with E-state index < -0.39 is 0 Å². The molecule has 4 heterocycles. The molecule has 2 aromatic rings. The minimum Gasteiger partial charge on any atom is -0.330 e. The highest BCUT2D eigenvalue weighted by Gasteiger charge is 2.42. The fraction of sp³-hybridized carbons (Fsp3) is 0.381. The number of benzene rings is 2. The summed E-state index contributed by atoms with van der Waals surface area (Å²) in [5.74, 6) is 0.926. The summed E-state index contributed by atoms with van der Waals surface area (Å²) in [5.41, 5.74) is 4.54. The van der Waals surface area contributed by atoms with Crippen LogP contribution in [-0.2, 0) is 6.54 Å². The number of amides is 1. The molecule has 0 radical (unpaired) electrons. The third-order valence-electron chi connectivity index (χ3n) is 6.10. The van der Waals surface area contributed by atoms with Crippen molar-refractivity contribution in [1.82, 2.24) is 9.80 Å². The van der Waals surface area contributed by atoms with Crippen LogP contribution in [0, 0.1) is 5.92 Å². The molecule has 0 N–H and O–H groups in total. The lowest BCUT2D eigenvalue weighted by atomic mass is 9.83. The SMILES string of the molecule is O=C1c2cccc(-c3ccccc3)c2CN1[C@H]1CN2CCC1CC2. The van der Waals surface area contributed by atoms with Gasteiger partial charge in [-0.1, -0.05) is 42.5 Å². The second-order valence-corrected chi connectivity index (χ2v) is 7.34. The van der Waals surface area contributed by atoms with Crippen molar-refractivity contribution >= 4 is 5.91 Å². The van der Waals surface area contributed by atoms with Gasteiger partial charge in [0.15, 0.2) is 0 Å². The predicted octanol–water partition coefficient (Wildman–Crippen LogP) is 3.40. The molecule has 4 aliphatic heterocycles. The van der Waals surface area contributed by atoms with E-state index in [9.17, 15) is 4.79 Å². The molecule has 3 nitrogen and oxygen atoms in total. The Morgan fingerprint density at radius 3 is 2.33 bits per heavy atom. The van der Waals surface area contributed by atoms with Gasteiger partial charge in [0, 0.05) is 24.7 Å². The third-order valence-corrected chi connectivity index (χ3v) is 6.10. The molecule has 1 atom stereocenters. The van der Waals surface area contributed by atoms with Crippen molar-refractivity contribution in [3.8, 4) is 11.1 Å². The molecule has 122 valence electrons. The highest BCUT2D eigenvalue weighted by molar-refractivity contribution is 6.00. The molecule has 3 saturated heterocycles. The maximum atomic E-state index is 13.1. The highest BCUT2D eigenvalue weighted by Crippen LogP contribution is 2.38. The number of piperidine rings is 3. The van der Waals surface area contributed by atoms with Gasteiger partial charge in [0.05, 0.1) is 0 Å². The van der Waals surface area contributed by atoms with E-state index in [1.54, 1.807) is 0 Å². The lowest BCUT2D eigenvalue weighted by Gasteiger charge is -2.48. The molecule has 2 aromatic carbocycles.